The van der Waals surface area contributed by atoms with Crippen LogP contribution in [0.25, 0.3) is 0 Å². The number of ether oxygens (including phenoxy) is 1. The molecule has 152 valence electrons. The van der Waals surface area contributed by atoms with Crippen molar-refractivity contribution in [1.82, 2.24) is 4.90 Å². The van der Waals surface area contributed by atoms with Crippen molar-refractivity contribution in [2.75, 3.05) is 55.2 Å². The van der Waals surface area contributed by atoms with Gasteiger partial charge in [-0.15, -0.1) is 0 Å². The number of piperazine rings is 1. The van der Waals surface area contributed by atoms with Gasteiger partial charge in [0, 0.05) is 49.1 Å². The van der Waals surface area contributed by atoms with E-state index < -0.39 is 10.0 Å². The molecule has 8 heteroatoms. The minimum atomic E-state index is -3.25. The minimum Gasteiger partial charge on any atom is -0.494 e. The smallest absolute Gasteiger partial charge is 0.229 e. The third kappa shape index (κ3) is 6.58. The van der Waals surface area contributed by atoms with Crippen LogP contribution in [0.2, 0.25) is 5.02 Å². The molecule has 1 N–H and O–H groups in total. The standard InChI is InChI=1S/C20H26ClN3O3S/c1-28(25,26)22-18-5-9-20(10-6-18)27-16-2-11-23-12-14-24(15-13-23)19-7-3-17(21)4-8-19/h3-10,22H,2,11-16H2,1H3. The van der Waals surface area contributed by atoms with Gasteiger partial charge in [0.05, 0.1) is 12.9 Å². The second kappa shape index (κ2) is 9.49. The second-order valence-electron chi connectivity index (χ2n) is 6.91. The molecule has 0 amide bonds. The predicted octanol–water partition coefficient (Wildman–Crippen LogP) is 3.30. The maximum absolute atomic E-state index is 11.2. The molecule has 0 unspecified atom stereocenters. The molecule has 0 radical (unpaired) electrons. The van der Waals surface area contributed by atoms with E-state index in [4.69, 9.17) is 16.3 Å². The number of hydrogen-bond donors (Lipinski definition) is 1. The summed E-state index contributed by atoms with van der Waals surface area (Å²) in [6.07, 6.45) is 2.08. The maximum atomic E-state index is 11.2. The minimum absolute atomic E-state index is 0.536. The fourth-order valence-corrected chi connectivity index (χ4v) is 3.88. The van der Waals surface area contributed by atoms with Gasteiger partial charge in [-0.05, 0) is 55.0 Å². The zero-order valence-electron chi connectivity index (χ0n) is 16.0. The molecule has 0 spiro atoms. The molecular formula is C20H26ClN3O3S. The van der Waals surface area contributed by atoms with Crippen molar-refractivity contribution in [2.24, 2.45) is 0 Å². The van der Waals surface area contributed by atoms with Gasteiger partial charge in [0.1, 0.15) is 5.75 Å². The van der Waals surface area contributed by atoms with E-state index in [-0.39, 0.29) is 0 Å². The Labute approximate surface area is 172 Å². The van der Waals surface area contributed by atoms with E-state index >= 15 is 0 Å². The van der Waals surface area contributed by atoms with Crippen molar-refractivity contribution in [3.8, 4) is 5.75 Å². The summed E-state index contributed by atoms with van der Waals surface area (Å²) in [7, 11) is -3.25. The average molecular weight is 424 g/mol. The van der Waals surface area contributed by atoms with Gasteiger partial charge in [-0.25, -0.2) is 8.42 Å². The molecule has 1 aliphatic heterocycles. The van der Waals surface area contributed by atoms with Crippen LogP contribution >= 0.6 is 11.6 Å². The summed E-state index contributed by atoms with van der Waals surface area (Å²) < 4.78 is 30.6. The highest BCUT2D eigenvalue weighted by Crippen LogP contribution is 2.20. The highest BCUT2D eigenvalue weighted by molar-refractivity contribution is 7.92. The molecule has 0 saturated carbocycles. The van der Waals surface area contributed by atoms with Crippen molar-refractivity contribution in [1.29, 1.82) is 0 Å². The predicted molar refractivity (Wildman–Crippen MR) is 115 cm³/mol. The molecule has 1 aliphatic rings. The van der Waals surface area contributed by atoms with Crippen LogP contribution in [0.4, 0.5) is 11.4 Å². The Kier molecular flexibility index (Phi) is 7.04. The first-order chi connectivity index (χ1) is 13.4. The number of rotatable bonds is 8. The molecule has 0 aliphatic carbocycles. The van der Waals surface area contributed by atoms with E-state index in [0.717, 1.165) is 56.2 Å². The largest absolute Gasteiger partial charge is 0.494 e. The molecule has 1 saturated heterocycles. The van der Waals surface area contributed by atoms with Crippen LogP contribution in [-0.2, 0) is 10.0 Å². The topological polar surface area (TPSA) is 61.9 Å². The van der Waals surface area contributed by atoms with Crippen LogP contribution in [0.15, 0.2) is 48.5 Å². The third-order valence-corrected chi connectivity index (χ3v) is 5.47. The van der Waals surface area contributed by atoms with Crippen LogP contribution < -0.4 is 14.4 Å². The van der Waals surface area contributed by atoms with Gasteiger partial charge in [0.15, 0.2) is 0 Å². The fourth-order valence-electron chi connectivity index (χ4n) is 3.19. The summed E-state index contributed by atoms with van der Waals surface area (Å²) in [5.41, 5.74) is 1.76. The lowest BCUT2D eigenvalue weighted by molar-refractivity contribution is 0.225. The zero-order chi connectivity index (χ0) is 20.0. The number of nitrogens with one attached hydrogen (secondary N) is 1. The van der Waals surface area contributed by atoms with E-state index in [1.165, 1.54) is 5.69 Å². The number of anilines is 2. The Hall–Kier alpha value is -1.96. The Morgan fingerprint density at radius 3 is 2.25 bits per heavy atom. The molecule has 28 heavy (non-hydrogen) atoms. The average Bonchev–Trinajstić information content (AvgIpc) is 2.66. The summed E-state index contributed by atoms with van der Waals surface area (Å²) in [6.45, 7) is 5.73. The molecule has 1 fully saturated rings. The van der Waals surface area contributed by atoms with Gasteiger partial charge in [-0.3, -0.25) is 9.62 Å². The summed E-state index contributed by atoms with van der Waals surface area (Å²) in [5.74, 6) is 0.742. The van der Waals surface area contributed by atoms with E-state index in [2.05, 4.69) is 26.7 Å². The molecule has 3 rings (SSSR count). The molecule has 2 aromatic rings. The molecule has 2 aromatic carbocycles. The Morgan fingerprint density at radius 2 is 1.64 bits per heavy atom. The monoisotopic (exact) mass is 423 g/mol. The molecule has 6 nitrogen and oxygen atoms in total. The number of sulfonamides is 1. The molecule has 0 aromatic heterocycles. The fraction of sp³-hybridized carbons (Fsp3) is 0.400. The van der Waals surface area contributed by atoms with Gasteiger partial charge >= 0.3 is 0 Å². The van der Waals surface area contributed by atoms with Gasteiger partial charge in [-0.1, -0.05) is 11.6 Å². The van der Waals surface area contributed by atoms with Crippen molar-refractivity contribution in [2.45, 2.75) is 6.42 Å². The SMILES string of the molecule is CS(=O)(=O)Nc1ccc(OCCCN2CCN(c3ccc(Cl)cc3)CC2)cc1. The third-order valence-electron chi connectivity index (χ3n) is 4.61. The first-order valence-corrected chi connectivity index (χ1v) is 11.6. The van der Waals surface area contributed by atoms with E-state index in [1.807, 2.05) is 12.1 Å². The second-order valence-corrected chi connectivity index (χ2v) is 9.09. The Bertz CT molecular complexity index is 849. The molecule has 1 heterocycles. The number of benzene rings is 2. The lowest BCUT2D eigenvalue weighted by Crippen LogP contribution is -2.46. The van der Waals surface area contributed by atoms with Crippen molar-refractivity contribution in [3.63, 3.8) is 0 Å². The van der Waals surface area contributed by atoms with E-state index in [9.17, 15) is 8.42 Å². The van der Waals surface area contributed by atoms with Crippen LogP contribution in [0.5, 0.6) is 5.75 Å². The highest BCUT2D eigenvalue weighted by Gasteiger charge is 2.16. The number of halogens is 1. The normalized spacial score (nSPS) is 15.4. The van der Waals surface area contributed by atoms with Gasteiger partial charge in [-0.2, -0.15) is 0 Å². The van der Waals surface area contributed by atoms with Crippen LogP contribution in [0.3, 0.4) is 0 Å². The summed E-state index contributed by atoms with van der Waals surface area (Å²) >= 11 is 5.96. The number of hydrogen-bond acceptors (Lipinski definition) is 5. The first-order valence-electron chi connectivity index (χ1n) is 9.32. The van der Waals surface area contributed by atoms with E-state index in [0.29, 0.717) is 12.3 Å². The van der Waals surface area contributed by atoms with Gasteiger partial charge < -0.3 is 9.64 Å². The first kappa shape index (κ1) is 20.8. The summed E-state index contributed by atoms with van der Waals surface area (Å²) in [6, 6.07) is 15.0. The lowest BCUT2D eigenvalue weighted by atomic mass is 10.2. The zero-order valence-corrected chi connectivity index (χ0v) is 17.5. The van der Waals surface area contributed by atoms with Gasteiger partial charge in [0.25, 0.3) is 0 Å². The van der Waals surface area contributed by atoms with Crippen molar-refractivity contribution < 1.29 is 13.2 Å². The van der Waals surface area contributed by atoms with Crippen molar-refractivity contribution >= 4 is 33.0 Å². The number of nitrogens with zero attached hydrogens (tertiary/aromatic N) is 2. The highest BCUT2D eigenvalue weighted by atomic mass is 35.5. The maximum Gasteiger partial charge on any atom is 0.229 e. The van der Waals surface area contributed by atoms with E-state index in [1.54, 1.807) is 24.3 Å². The van der Waals surface area contributed by atoms with Gasteiger partial charge in [0.2, 0.25) is 10.0 Å². The molecule has 0 bridgehead atoms. The molecular weight excluding hydrogens is 398 g/mol. The quantitative estimate of drug-likeness (QED) is 0.660. The van der Waals surface area contributed by atoms with Crippen LogP contribution in [0.1, 0.15) is 6.42 Å². The summed E-state index contributed by atoms with van der Waals surface area (Å²) in [4.78, 5) is 4.84. The molecule has 0 atom stereocenters. The van der Waals surface area contributed by atoms with Crippen LogP contribution in [0, 0.1) is 0 Å². The Morgan fingerprint density at radius 1 is 1.00 bits per heavy atom. The van der Waals surface area contributed by atoms with Crippen LogP contribution in [-0.4, -0.2) is 58.9 Å². The Balaban J connectivity index is 1.34. The lowest BCUT2D eigenvalue weighted by Gasteiger charge is -2.36. The summed E-state index contributed by atoms with van der Waals surface area (Å²) in [5, 5.41) is 0.767. The van der Waals surface area contributed by atoms with Crippen molar-refractivity contribution in [3.05, 3.63) is 53.6 Å².